The van der Waals surface area contributed by atoms with E-state index in [2.05, 4.69) is 10.4 Å². The van der Waals surface area contributed by atoms with E-state index in [4.69, 9.17) is 4.74 Å². The van der Waals surface area contributed by atoms with Crippen LogP contribution < -0.4 is 21.2 Å². The summed E-state index contributed by atoms with van der Waals surface area (Å²) in [5, 5.41) is 6.04. The topological polar surface area (TPSA) is 93.2 Å². The third-order valence-electron chi connectivity index (χ3n) is 4.46. The van der Waals surface area contributed by atoms with Gasteiger partial charge in [-0.05, 0) is 35.9 Å². The predicted octanol–water partition coefficient (Wildman–Crippen LogP) is 1.05. The fraction of sp³-hybridized carbons (Fsp3) is 0.211. The monoisotopic (exact) mass is 351 g/mol. The summed E-state index contributed by atoms with van der Waals surface area (Å²) in [6, 6.07) is 12.0. The number of carbonyl (C=O) groups excluding carboxylic acids is 1. The van der Waals surface area contributed by atoms with Crippen LogP contribution >= 0.6 is 0 Å². The van der Waals surface area contributed by atoms with Gasteiger partial charge in [0.15, 0.2) is 0 Å². The minimum atomic E-state index is -0.329. The van der Waals surface area contributed by atoms with Gasteiger partial charge in [-0.3, -0.25) is 19.5 Å². The summed E-state index contributed by atoms with van der Waals surface area (Å²) in [6.07, 6.45) is 0.796. The molecule has 7 nitrogen and oxygen atoms in total. The summed E-state index contributed by atoms with van der Waals surface area (Å²) in [5.74, 6) is 0.595. The number of hydrogen-bond donors (Lipinski definition) is 2. The van der Waals surface area contributed by atoms with Crippen molar-refractivity contribution in [3.8, 4) is 5.75 Å². The highest BCUT2D eigenvalue weighted by Crippen LogP contribution is 2.25. The van der Waals surface area contributed by atoms with E-state index in [1.165, 1.54) is 4.68 Å². The zero-order valence-corrected chi connectivity index (χ0v) is 14.0. The molecule has 0 atom stereocenters. The summed E-state index contributed by atoms with van der Waals surface area (Å²) < 4.78 is 6.65. The molecule has 0 aliphatic carbocycles. The molecule has 2 heterocycles. The Morgan fingerprint density at radius 3 is 2.81 bits per heavy atom. The van der Waals surface area contributed by atoms with Crippen LogP contribution in [0.25, 0.3) is 10.8 Å². The third kappa shape index (κ3) is 2.88. The number of nitrogens with zero attached hydrogens (tertiary/aromatic N) is 1. The van der Waals surface area contributed by atoms with Gasteiger partial charge in [0, 0.05) is 18.5 Å². The molecule has 1 aromatic heterocycles. The van der Waals surface area contributed by atoms with E-state index in [0.717, 1.165) is 17.7 Å². The van der Waals surface area contributed by atoms with E-state index in [1.807, 2.05) is 6.07 Å². The summed E-state index contributed by atoms with van der Waals surface area (Å²) in [6.45, 7) is 1.04. The van der Waals surface area contributed by atoms with Crippen LogP contribution in [0.3, 0.4) is 0 Å². The van der Waals surface area contributed by atoms with Crippen LogP contribution in [0.2, 0.25) is 0 Å². The second-order valence-corrected chi connectivity index (χ2v) is 6.12. The maximum Gasteiger partial charge on any atom is 0.273 e. The van der Waals surface area contributed by atoms with Crippen LogP contribution in [0.4, 0.5) is 0 Å². The van der Waals surface area contributed by atoms with Gasteiger partial charge in [-0.2, -0.15) is 0 Å². The lowest BCUT2D eigenvalue weighted by Gasteiger charge is -2.09. The molecule has 0 spiro atoms. The van der Waals surface area contributed by atoms with Crippen LogP contribution in [0.5, 0.6) is 5.75 Å². The molecule has 0 bridgehead atoms. The Balaban J connectivity index is 1.47. The van der Waals surface area contributed by atoms with Crippen molar-refractivity contribution in [3.05, 3.63) is 74.3 Å². The van der Waals surface area contributed by atoms with Gasteiger partial charge in [0.1, 0.15) is 5.75 Å². The molecular weight excluding hydrogens is 334 g/mol. The normalized spacial score (nSPS) is 12.6. The first-order valence-electron chi connectivity index (χ1n) is 8.39. The first-order chi connectivity index (χ1) is 12.6. The lowest BCUT2D eigenvalue weighted by Crippen LogP contribution is -2.35. The molecule has 0 saturated heterocycles. The van der Waals surface area contributed by atoms with Crippen LogP contribution in [0.1, 0.15) is 15.9 Å². The van der Waals surface area contributed by atoms with Crippen molar-refractivity contribution >= 4 is 16.7 Å². The van der Waals surface area contributed by atoms with Gasteiger partial charge in [-0.1, -0.05) is 12.1 Å². The summed E-state index contributed by atoms with van der Waals surface area (Å²) >= 11 is 0. The SMILES string of the molecule is O=C(NCCn1[nH]c(=O)c2ccccc2c1=O)c1ccc2c(c1)CCO2. The fourth-order valence-corrected chi connectivity index (χ4v) is 3.12. The Labute approximate surface area is 148 Å². The van der Waals surface area contributed by atoms with Gasteiger partial charge < -0.3 is 10.1 Å². The molecule has 1 aliphatic rings. The molecular formula is C19H17N3O4. The summed E-state index contributed by atoms with van der Waals surface area (Å²) in [7, 11) is 0. The van der Waals surface area contributed by atoms with Crippen molar-refractivity contribution in [1.82, 2.24) is 15.1 Å². The molecule has 26 heavy (non-hydrogen) atoms. The summed E-state index contributed by atoms with van der Waals surface area (Å²) in [5.41, 5.74) is 0.954. The molecule has 2 aromatic carbocycles. The number of nitrogens with one attached hydrogen (secondary N) is 2. The van der Waals surface area contributed by atoms with E-state index < -0.39 is 0 Å². The Morgan fingerprint density at radius 2 is 1.96 bits per heavy atom. The standard InChI is InChI=1S/C19H17N3O4/c23-17(13-5-6-16-12(11-13)7-10-26-16)20-8-9-22-19(25)15-4-2-1-3-14(15)18(24)21-22/h1-6,11H,7-10H2,(H,20,23)(H,21,24). The zero-order valence-electron chi connectivity index (χ0n) is 14.0. The highest BCUT2D eigenvalue weighted by molar-refractivity contribution is 5.94. The zero-order chi connectivity index (χ0) is 18.1. The number of hydrogen-bond acceptors (Lipinski definition) is 4. The van der Waals surface area contributed by atoms with Gasteiger partial charge in [0.2, 0.25) is 0 Å². The number of rotatable bonds is 4. The van der Waals surface area contributed by atoms with E-state index in [9.17, 15) is 14.4 Å². The van der Waals surface area contributed by atoms with Crippen molar-refractivity contribution in [3.63, 3.8) is 0 Å². The number of aromatic nitrogens is 2. The predicted molar refractivity (Wildman–Crippen MR) is 96.8 cm³/mol. The number of aromatic amines is 1. The van der Waals surface area contributed by atoms with E-state index >= 15 is 0 Å². The summed E-state index contributed by atoms with van der Waals surface area (Å²) in [4.78, 5) is 36.8. The van der Waals surface area contributed by atoms with E-state index in [0.29, 0.717) is 22.9 Å². The maximum absolute atomic E-state index is 12.4. The fourth-order valence-electron chi connectivity index (χ4n) is 3.12. The molecule has 7 heteroatoms. The maximum atomic E-state index is 12.4. The number of ether oxygens (including phenoxy) is 1. The van der Waals surface area contributed by atoms with Crippen LogP contribution in [0, 0.1) is 0 Å². The largest absolute Gasteiger partial charge is 0.493 e. The Hall–Kier alpha value is -3.35. The van der Waals surface area contributed by atoms with Crippen molar-refractivity contribution in [2.45, 2.75) is 13.0 Å². The second-order valence-electron chi connectivity index (χ2n) is 6.12. The highest BCUT2D eigenvalue weighted by Gasteiger charge is 2.15. The van der Waals surface area contributed by atoms with Crippen molar-refractivity contribution in [2.24, 2.45) is 0 Å². The minimum Gasteiger partial charge on any atom is -0.493 e. The lowest BCUT2D eigenvalue weighted by atomic mass is 10.1. The number of H-pyrrole nitrogens is 1. The number of benzene rings is 2. The van der Waals surface area contributed by atoms with Gasteiger partial charge >= 0.3 is 0 Å². The molecule has 3 aromatic rings. The quantitative estimate of drug-likeness (QED) is 0.735. The molecule has 132 valence electrons. The molecule has 1 amide bonds. The molecule has 0 radical (unpaired) electrons. The number of amides is 1. The molecule has 0 fully saturated rings. The number of carbonyl (C=O) groups is 1. The van der Waals surface area contributed by atoms with Crippen molar-refractivity contribution in [1.29, 1.82) is 0 Å². The van der Waals surface area contributed by atoms with Gasteiger partial charge in [0.25, 0.3) is 17.0 Å². The van der Waals surface area contributed by atoms with Gasteiger partial charge in [-0.25, -0.2) is 4.68 Å². The smallest absolute Gasteiger partial charge is 0.273 e. The van der Waals surface area contributed by atoms with Crippen LogP contribution in [-0.2, 0) is 13.0 Å². The molecule has 4 rings (SSSR count). The highest BCUT2D eigenvalue weighted by atomic mass is 16.5. The number of fused-ring (bicyclic) bond motifs is 2. The van der Waals surface area contributed by atoms with E-state index in [1.54, 1.807) is 36.4 Å². The molecule has 0 saturated carbocycles. The van der Waals surface area contributed by atoms with Crippen LogP contribution in [0.15, 0.2) is 52.1 Å². The van der Waals surface area contributed by atoms with E-state index in [-0.39, 0.29) is 30.1 Å². The minimum absolute atomic E-state index is 0.179. The Bertz CT molecular complexity index is 1110. The Morgan fingerprint density at radius 1 is 1.15 bits per heavy atom. The van der Waals surface area contributed by atoms with Gasteiger partial charge in [-0.15, -0.1) is 0 Å². The molecule has 2 N–H and O–H groups in total. The first kappa shape index (κ1) is 16.1. The van der Waals surface area contributed by atoms with Crippen molar-refractivity contribution < 1.29 is 9.53 Å². The average molecular weight is 351 g/mol. The third-order valence-corrected chi connectivity index (χ3v) is 4.46. The second kappa shape index (κ2) is 6.51. The molecule has 1 aliphatic heterocycles. The van der Waals surface area contributed by atoms with Gasteiger partial charge in [0.05, 0.1) is 23.9 Å². The first-order valence-corrected chi connectivity index (χ1v) is 8.39. The average Bonchev–Trinajstić information content (AvgIpc) is 3.13. The van der Waals surface area contributed by atoms with Crippen LogP contribution in [-0.4, -0.2) is 28.8 Å². The molecule has 0 unspecified atom stereocenters. The lowest BCUT2D eigenvalue weighted by molar-refractivity contribution is 0.0951. The Kier molecular flexibility index (Phi) is 4.04. The van der Waals surface area contributed by atoms with Crippen molar-refractivity contribution in [2.75, 3.05) is 13.2 Å².